The van der Waals surface area contributed by atoms with Gasteiger partial charge in [-0.2, -0.15) is 0 Å². The van der Waals surface area contributed by atoms with E-state index in [9.17, 15) is 13.2 Å². The molecule has 0 saturated heterocycles. The van der Waals surface area contributed by atoms with Crippen LogP contribution in [0.3, 0.4) is 0 Å². The van der Waals surface area contributed by atoms with Gasteiger partial charge in [-0.05, 0) is 23.8 Å². The highest BCUT2D eigenvalue weighted by atomic mass is 79.9. The van der Waals surface area contributed by atoms with E-state index in [2.05, 4.69) is 21.2 Å². The third kappa shape index (κ3) is 3.67. The molecule has 0 spiro atoms. The molecule has 0 bridgehead atoms. The van der Waals surface area contributed by atoms with Crippen molar-refractivity contribution in [2.24, 2.45) is 0 Å². The number of rotatable bonds is 4. The molecule has 0 aromatic heterocycles. The Morgan fingerprint density at radius 2 is 2.07 bits per heavy atom. The maximum Gasteiger partial charge on any atom is 0.250 e. The van der Waals surface area contributed by atoms with E-state index < -0.39 is 6.43 Å². The molecule has 78 valence electrons. The van der Waals surface area contributed by atoms with Crippen LogP contribution in [0.25, 0.3) is 0 Å². The van der Waals surface area contributed by atoms with Crippen LogP contribution >= 0.6 is 15.9 Å². The minimum Gasteiger partial charge on any atom is -0.307 e. The Hall–Kier alpha value is -0.550. The van der Waals surface area contributed by atoms with Gasteiger partial charge >= 0.3 is 0 Å². The smallest absolute Gasteiger partial charge is 0.250 e. The van der Waals surface area contributed by atoms with Gasteiger partial charge in [-0.15, -0.1) is 0 Å². The Bertz CT molecular complexity index is 304. The van der Waals surface area contributed by atoms with Crippen LogP contribution in [-0.2, 0) is 6.54 Å². The van der Waals surface area contributed by atoms with Crippen LogP contribution in [0.5, 0.6) is 0 Å². The molecule has 0 radical (unpaired) electrons. The molecule has 0 aliphatic heterocycles. The quantitative estimate of drug-likeness (QED) is 0.885. The molecule has 0 unspecified atom stereocenters. The van der Waals surface area contributed by atoms with E-state index >= 15 is 0 Å². The van der Waals surface area contributed by atoms with Crippen molar-refractivity contribution in [3.8, 4) is 0 Å². The monoisotopic (exact) mass is 267 g/mol. The van der Waals surface area contributed by atoms with Gasteiger partial charge in [0.15, 0.2) is 0 Å². The van der Waals surface area contributed by atoms with E-state index in [1.807, 2.05) is 0 Å². The van der Waals surface area contributed by atoms with Gasteiger partial charge in [0, 0.05) is 11.0 Å². The van der Waals surface area contributed by atoms with Crippen molar-refractivity contribution in [2.45, 2.75) is 13.0 Å². The van der Waals surface area contributed by atoms with Crippen LogP contribution in [0.15, 0.2) is 22.7 Å². The topological polar surface area (TPSA) is 12.0 Å². The minimum absolute atomic E-state index is 0.225. The summed E-state index contributed by atoms with van der Waals surface area (Å²) in [6.45, 7) is -0.161. The molecule has 5 heteroatoms. The van der Waals surface area contributed by atoms with Crippen molar-refractivity contribution in [3.63, 3.8) is 0 Å². The number of halogens is 4. The summed E-state index contributed by atoms with van der Waals surface area (Å²) in [5.74, 6) is -0.373. The lowest BCUT2D eigenvalue weighted by atomic mass is 10.2. The number of alkyl halides is 2. The molecular weight excluding hydrogens is 259 g/mol. The highest BCUT2D eigenvalue weighted by Crippen LogP contribution is 2.17. The van der Waals surface area contributed by atoms with Gasteiger partial charge in [0.1, 0.15) is 5.82 Å². The predicted molar refractivity (Wildman–Crippen MR) is 51.8 cm³/mol. The van der Waals surface area contributed by atoms with Crippen LogP contribution in [-0.4, -0.2) is 13.0 Å². The van der Waals surface area contributed by atoms with Crippen LogP contribution < -0.4 is 5.32 Å². The van der Waals surface area contributed by atoms with Gasteiger partial charge in [0.2, 0.25) is 0 Å². The third-order valence-corrected chi connectivity index (χ3v) is 2.40. The molecule has 0 amide bonds. The largest absolute Gasteiger partial charge is 0.307 e. The zero-order valence-corrected chi connectivity index (χ0v) is 8.82. The summed E-state index contributed by atoms with van der Waals surface area (Å²) in [5.41, 5.74) is 0.630. The summed E-state index contributed by atoms with van der Waals surface area (Å²) < 4.78 is 37.0. The summed E-state index contributed by atoms with van der Waals surface area (Å²) in [4.78, 5) is 0. The van der Waals surface area contributed by atoms with Crippen molar-refractivity contribution in [1.29, 1.82) is 0 Å². The van der Waals surface area contributed by atoms with E-state index in [0.29, 0.717) is 10.0 Å². The van der Waals surface area contributed by atoms with Crippen molar-refractivity contribution < 1.29 is 13.2 Å². The molecule has 0 fully saturated rings. The number of benzene rings is 1. The van der Waals surface area contributed by atoms with Crippen molar-refractivity contribution in [3.05, 3.63) is 34.1 Å². The highest BCUT2D eigenvalue weighted by molar-refractivity contribution is 9.10. The SMILES string of the molecule is Fc1ccc(Br)c(CNCC(F)F)c1. The van der Waals surface area contributed by atoms with E-state index in [1.54, 1.807) is 6.07 Å². The zero-order valence-electron chi connectivity index (χ0n) is 7.24. The molecule has 1 aromatic rings. The second-order valence-electron chi connectivity index (χ2n) is 2.76. The van der Waals surface area contributed by atoms with E-state index in [0.717, 1.165) is 0 Å². The lowest BCUT2D eigenvalue weighted by Crippen LogP contribution is -2.20. The Morgan fingerprint density at radius 1 is 1.36 bits per heavy atom. The first-order valence-electron chi connectivity index (χ1n) is 4.02. The lowest BCUT2D eigenvalue weighted by molar-refractivity contribution is 0.145. The molecule has 0 aliphatic carbocycles. The highest BCUT2D eigenvalue weighted by Gasteiger charge is 2.04. The standard InChI is InChI=1S/C9H9BrF3N/c10-8-2-1-7(11)3-6(8)4-14-5-9(12)13/h1-3,9,14H,4-5H2. The Balaban J connectivity index is 2.53. The Morgan fingerprint density at radius 3 is 2.71 bits per heavy atom. The summed E-state index contributed by atoms with van der Waals surface area (Å²) in [7, 11) is 0. The van der Waals surface area contributed by atoms with Gasteiger partial charge in [-0.25, -0.2) is 13.2 Å². The van der Waals surface area contributed by atoms with Crippen LogP contribution in [0.2, 0.25) is 0 Å². The van der Waals surface area contributed by atoms with Crippen molar-refractivity contribution in [1.82, 2.24) is 5.32 Å². The zero-order chi connectivity index (χ0) is 10.6. The first-order valence-corrected chi connectivity index (χ1v) is 4.81. The summed E-state index contributed by atoms with van der Waals surface area (Å²) in [5, 5.41) is 2.52. The maximum atomic E-state index is 12.7. The summed E-state index contributed by atoms with van der Waals surface area (Å²) >= 11 is 3.20. The van der Waals surface area contributed by atoms with Gasteiger partial charge in [-0.3, -0.25) is 0 Å². The van der Waals surface area contributed by atoms with Gasteiger partial charge in [0.25, 0.3) is 6.43 Å². The summed E-state index contributed by atoms with van der Waals surface area (Å²) in [6.07, 6.45) is -2.39. The average Bonchev–Trinajstić information content (AvgIpc) is 2.10. The summed E-state index contributed by atoms with van der Waals surface area (Å²) in [6, 6.07) is 4.16. The molecule has 0 aliphatic rings. The van der Waals surface area contributed by atoms with E-state index in [1.165, 1.54) is 12.1 Å². The third-order valence-electron chi connectivity index (χ3n) is 1.62. The second-order valence-corrected chi connectivity index (χ2v) is 3.61. The first-order chi connectivity index (χ1) is 6.59. The predicted octanol–water partition coefficient (Wildman–Crippen LogP) is 2.94. The molecule has 1 aromatic carbocycles. The molecular formula is C9H9BrF3N. The van der Waals surface area contributed by atoms with Crippen LogP contribution in [0.4, 0.5) is 13.2 Å². The fourth-order valence-corrected chi connectivity index (χ4v) is 1.38. The first kappa shape index (κ1) is 11.5. The maximum absolute atomic E-state index is 12.7. The second kappa shape index (κ2) is 5.36. The number of hydrogen-bond donors (Lipinski definition) is 1. The van der Waals surface area contributed by atoms with Crippen molar-refractivity contribution in [2.75, 3.05) is 6.54 Å². The van der Waals surface area contributed by atoms with Crippen LogP contribution in [0.1, 0.15) is 5.56 Å². The van der Waals surface area contributed by atoms with Gasteiger partial charge in [0.05, 0.1) is 6.54 Å². The molecule has 1 nitrogen and oxygen atoms in total. The molecule has 14 heavy (non-hydrogen) atoms. The Kier molecular flexibility index (Phi) is 4.41. The number of nitrogens with one attached hydrogen (secondary N) is 1. The van der Waals surface area contributed by atoms with Crippen LogP contribution in [0, 0.1) is 5.82 Å². The van der Waals surface area contributed by atoms with E-state index in [4.69, 9.17) is 0 Å². The number of hydrogen-bond acceptors (Lipinski definition) is 1. The normalized spacial score (nSPS) is 10.9. The molecule has 0 saturated carbocycles. The fourth-order valence-electron chi connectivity index (χ4n) is 0.995. The molecule has 0 heterocycles. The minimum atomic E-state index is -2.39. The lowest BCUT2D eigenvalue weighted by Gasteiger charge is -2.06. The van der Waals surface area contributed by atoms with Gasteiger partial charge in [-0.1, -0.05) is 15.9 Å². The molecule has 1 rings (SSSR count). The fraction of sp³-hybridized carbons (Fsp3) is 0.333. The Labute approximate surface area is 88.4 Å². The average molecular weight is 268 g/mol. The molecule has 0 atom stereocenters. The van der Waals surface area contributed by atoms with Gasteiger partial charge < -0.3 is 5.32 Å². The molecule has 1 N–H and O–H groups in total. The van der Waals surface area contributed by atoms with Crippen molar-refractivity contribution >= 4 is 15.9 Å². The van der Waals surface area contributed by atoms with E-state index in [-0.39, 0.29) is 18.9 Å².